The Hall–Kier alpha value is -2.25. The minimum Gasteiger partial charge on any atom is -0.437 e. The maximum atomic E-state index is 8.91. The molecule has 0 aliphatic heterocycles. The molecule has 0 saturated heterocycles. The number of nitrogen functional groups attached to an aromatic ring is 1. The zero-order chi connectivity index (χ0) is 14.0. The van der Waals surface area contributed by atoms with Crippen LogP contribution in [-0.4, -0.2) is 4.98 Å². The SMILES string of the molecule is Cc1cc(C)c(Oc2nccc(C#N)c2Cl)cc1N. The van der Waals surface area contributed by atoms with Gasteiger partial charge in [-0.1, -0.05) is 17.7 Å². The van der Waals surface area contributed by atoms with E-state index in [-0.39, 0.29) is 10.9 Å². The molecule has 1 heterocycles. The van der Waals surface area contributed by atoms with Crippen LogP contribution >= 0.6 is 11.6 Å². The molecule has 0 spiro atoms. The number of hydrogen-bond donors (Lipinski definition) is 1. The molecule has 2 aromatic rings. The van der Waals surface area contributed by atoms with Crippen LogP contribution in [0.2, 0.25) is 5.02 Å². The third-order valence-electron chi connectivity index (χ3n) is 2.75. The number of nitrogens with two attached hydrogens (primary N) is 1. The molecule has 1 aromatic carbocycles. The number of ether oxygens (including phenoxy) is 1. The van der Waals surface area contributed by atoms with Gasteiger partial charge in [0.1, 0.15) is 16.8 Å². The second-order valence-corrected chi connectivity index (χ2v) is 4.54. The van der Waals surface area contributed by atoms with Crippen molar-refractivity contribution in [2.75, 3.05) is 5.73 Å². The van der Waals surface area contributed by atoms with Gasteiger partial charge in [0, 0.05) is 18.0 Å². The Balaban J connectivity index is 2.43. The van der Waals surface area contributed by atoms with Crippen molar-refractivity contribution in [3.05, 3.63) is 46.1 Å². The first kappa shape index (κ1) is 13.2. The Morgan fingerprint density at radius 2 is 2.05 bits per heavy atom. The summed E-state index contributed by atoms with van der Waals surface area (Å²) in [6.07, 6.45) is 1.48. The van der Waals surface area contributed by atoms with Gasteiger partial charge in [0.15, 0.2) is 0 Å². The van der Waals surface area contributed by atoms with Crippen molar-refractivity contribution in [2.45, 2.75) is 13.8 Å². The molecule has 0 saturated carbocycles. The smallest absolute Gasteiger partial charge is 0.239 e. The van der Waals surface area contributed by atoms with Crippen LogP contribution in [0.1, 0.15) is 16.7 Å². The van der Waals surface area contributed by atoms with E-state index < -0.39 is 0 Å². The summed E-state index contributed by atoms with van der Waals surface area (Å²) in [7, 11) is 0. The van der Waals surface area contributed by atoms with Crippen LogP contribution in [0, 0.1) is 25.2 Å². The largest absolute Gasteiger partial charge is 0.437 e. The summed E-state index contributed by atoms with van der Waals surface area (Å²) in [5.74, 6) is 0.777. The summed E-state index contributed by atoms with van der Waals surface area (Å²) >= 11 is 6.04. The van der Waals surface area contributed by atoms with Crippen molar-refractivity contribution in [2.24, 2.45) is 0 Å². The van der Waals surface area contributed by atoms with Crippen molar-refractivity contribution >= 4 is 17.3 Å². The van der Waals surface area contributed by atoms with Crippen LogP contribution in [0.25, 0.3) is 0 Å². The highest BCUT2D eigenvalue weighted by molar-refractivity contribution is 6.33. The quantitative estimate of drug-likeness (QED) is 0.849. The van der Waals surface area contributed by atoms with Crippen LogP contribution in [0.5, 0.6) is 11.6 Å². The second-order valence-electron chi connectivity index (χ2n) is 4.17. The number of rotatable bonds is 2. The molecule has 0 aliphatic carbocycles. The van der Waals surface area contributed by atoms with Gasteiger partial charge in [-0.25, -0.2) is 4.98 Å². The van der Waals surface area contributed by atoms with E-state index in [0.29, 0.717) is 17.0 Å². The molecule has 0 aliphatic rings. The first-order chi connectivity index (χ1) is 9.02. The van der Waals surface area contributed by atoms with Crippen LogP contribution in [0.3, 0.4) is 0 Å². The van der Waals surface area contributed by atoms with Gasteiger partial charge < -0.3 is 10.5 Å². The molecule has 5 heteroatoms. The molecule has 0 atom stereocenters. The first-order valence-electron chi connectivity index (χ1n) is 5.62. The minimum atomic E-state index is 0.198. The fraction of sp³-hybridized carbons (Fsp3) is 0.143. The van der Waals surface area contributed by atoms with Gasteiger partial charge in [-0.15, -0.1) is 0 Å². The number of anilines is 1. The van der Waals surface area contributed by atoms with Crippen LogP contribution in [0.4, 0.5) is 5.69 Å². The Morgan fingerprint density at radius 1 is 1.32 bits per heavy atom. The van der Waals surface area contributed by atoms with E-state index in [4.69, 9.17) is 27.3 Å². The van der Waals surface area contributed by atoms with Gasteiger partial charge in [-0.3, -0.25) is 0 Å². The molecule has 0 bridgehead atoms. The Bertz CT molecular complexity index is 677. The van der Waals surface area contributed by atoms with E-state index in [1.54, 1.807) is 6.07 Å². The van der Waals surface area contributed by atoms with Gasteiger partial charge in [0.05, 0.1) is 5.56 Å². The van der Waals surface area contributed by atoms with Gasteiger partial charge in [0.2, 0.25) is 5.88 Å². The molecule has 0 amide bonds. The number of benzene rings is 1. The number of aromatic nitrogens is 1. The molecular weight excluding hydrogens is 262 g/mol. The zero-order valence-electron chi connectivity index (χ0n) is 10.6. The van der Waals surface area contributed by atoms with Crippen LogP contribution < -0.4 is 10.5 Å². The van der Waals surface area contributed by atoms with Gasteiger partial charge in [-0.05, 0) is 31.0 Å². The monoisotopic (exact) mass is 273 g/mol. The molecule has 0 radical (unpaired) electrons. The summed E-state index contributed by atoms with van der Waals surface area (Å²) in [6, 6.07) is 7.16. The van der Waals surface area contributed by atoms with Crippen molar-refractivity contribution in [3.63, 3.8) is 0 Å². The van der Waals surface area contributed by atoms with Gasteiger partial charge >= 0.3 is 0 Å². The average molecular weight is 274 g/mol. The molecule has 2 N–H and O–H groups in total. The lowest BCUT2D eigenvalue weighted by Crippen LogP contribution is -1.96. The number of pyridine rings is 1. The highest BCUT2D eigenvalue weighted by Gasteiger charge is 2.11. The lowest BCUT2D eigenvalue weighted by Gasteiger charge is -2.11. The van der Waals surface area contributed by atoms with Crippen molar-refractivity contribution in [3.8, 4) is 17.7 Å². The Labute approximate surface area is 116 Å². The summed E-state index contributed by atoms with van der Waals surface area (Å²) in [5, 5.41) is 9.10. The maximum absolute atomic E-state index is 8.91. The molecule has 19 heavy (non-hydrogen) atoms. The van der Waals surface area contributed by atoms with Crippen molar-refractivity contribution in [1.29, 1.82) is 5.26 Å². The van der Waals surface area contributed by atoms with Crippen LogP contribution in [-0.2, 0) is 0 Å². The standard InChI is InChI=1S/C14H12ClN3O/c1-8-5-9(2)12(6-11(8)17)19-14-13(15)10(7-16)3-4-18-14/h3-6H,17H2,1-2H3. The lowest BCUT2D eigenvalue weighted by atomic mass is 10.1. The first-order valence-corrected chi connectivity index (χ1v) is 6.00. The normalized spacial score (nSPS) is 10.0. The topological polar surface area (TPSA) is 71.9 Å². The summed E-state index contributed by atoms with van der Waals surface area (Å²) in [5.41, 5.74) is 8.71. The van der Waals surface area contributed by atoms with E-state index in [9.17, 15) is 0 Å². The van der Waals surface area contributed by atoms with Crippen LogP contribution in [0.15, 0.2) is 24.4 Å². The van der Waals surface area contributed by atoms with E-state index >= 15 is 0 Å². The third-order valence-corrected chi connectivity index (χ3v) is 3.11. The van der Waals surface area contributed by atoms with Crippen molar-refractivity contribution < 1.29 is 4.74 Å². The molecule has 96 valence electrons. The third kappa shape index (κ3) is 2.61. The molecule has 2 rings (SSSR count). The average Bonchev–Trinajstić information content (AvgIpc) is 2.38. The highest BCUT2D eigenvalue weighted by Crippen LogP contribution is 2.33. The van der Waals surface area contributed by atoms with Gasteiger partial charge in [0.25, 0.3) is 0 Å². The molecule has 0 fully saturated rings. The minimum absolute atomic E-state index is 0.198. The van der Waals surface area contributed by atoms with Gasteiger partial charge in [-0.2, -0.15) is 5.26 Å². The van der Waals surface area contributed by atoms with E-state index in [1.165, 1.54) is 12.3 Å². The predicted molar refractivity (Wildman–Crippen MR) is 74.4 cm³/mol. The number of nitrogens with zero attached hydrogens (tertiary/aromatic N) is 2. The molecule has 1 aromatic heterocycles. The zero-order valence-corrected chi connectivity index (χ0v) is 11.3. The van der Waals surface area contributed by atoms with E-state index in [0.717, 1.165) is 11.1 Å². The molecule has 0 unspecified atom stereocenters. The van der Waals surface area contributed by atoms with E-state index in [1.807, 2.05) is 26.0 Å². The predicted octanol–water partition coefficient (Wildman–Crippen LogP) is 3.60. The number of aryl methyl sites for hydroxylation is 2. The number of halogens is 1. The number of hydrogen-bond acceptors (Lipinski definition) is 4. The fourth-order valence-corrected chi connectivity index (χ4v) is 1.84. The molecule has 4 nitrogen and oxygen atoms in total. The van der Waals surface area contributed by atoms with Crippen molar-refractivity contribution in [1.82, 2.24) is 4.98 Å². The molecular formula is C14H12ClN3O. The summed E-state index contributed by atoms with van der Waals surface area (Å²) < 4.78 is 5.64. The summed E-state index contributed by atoms with van der Waals surface area (Å²) in [4.78, 5) is 4.03. The van der Waals surface area contributed by atoms with E-state index in [2.05, 4.69) is 4.98 Å². The Morgan fingerprint density at radius 3 is 2.74 bits per heavy atom. The maximum Gasteiger partial charge on any atom is 0.239 e. The number of nitriles is 1. The second kappa shape index (κ2) is 5.17. The fourth-order valence-electron chi connectivity index (χ4n) is 1.64. The Kier molecular flexibility index (Phi) is 3.59. The lowest BCUT2D eigenvalue weighted by molar-refractivity contribution is 0.460. The summed E-state index contributed by atoms with van der Waals surface area (Å²) in [6.45, 7) is 3.83. The highest BCUT2D eigenvalue weighted by atomic mass is 35.5.